The second-order valence-corrected chi connectivity index (χ2v) is 8.22. The van der Waals surface area contributed by atoms with Crippen molar-refractivity contribution in [2.75, 3.05) is 6.61 Å². The van der Waals surface area contributed by atoms with Crippen molar-refractivity contribution in [1.82, 2.24) is 14.9 Å². The van der Waals surface area contributed by atoms with Gasteiger partial charge in [-0.2, -0.15) is 0 Å². The number of hydrogen-bond acceptors (Lipinski definition) is 5. The van der Waals surface area contributed by atoms with Gasteiger partial charge in [-0.15, -0.1) is 0 Å². The largest absolute Gasteiger partial charge is 0.396 e. The monoisotopic (exact) mass is 411 g/mol. The minimum atomic E-state index is -0.422. The number of hydrogen-bond donors (Lipinski definition) is 2. The molecule has 0 radical (unpaired) electrons. The molecule has 0 saturated carbocycles. The number of aromatic nitrogens is 2. The van der Waals surface area contributed by atoms with E-state index < -0.39 is 5.25 Å². The van der Waals surface area contributed by atoms with E-state index in [1.54, 1.807) is 29.7 Å². The predicted octanol–water partition coefficient (Wildman–Crippen LogP) is 2.88. The summed E-state index contributed by atoms with van der Waals surface area (Å²) in [6.07, 6.45) is 0.446. The van der Waals surface area contributed by atoms with Gasteiger partial charge in [0.15, 0.2) is 5.16 Å². The molecule has 0 fully saturated rings. The first kappa shape index (κ1) is 21.1. The molecule has 2 aromatic carbocycles. The summed E-state index contributed by atoms with van der Waals surface area (Å²) in [5.41, 5.74) is 2.66. The number of rotatable bonds is 8. The van der Waals surface area contributed by atoms with Gasteiger partial charge in [0.25, 0.3) is 5.56 Å². The minimum Gasteiger partial charge on any atom is -0.396 e. The number of aliphatic hydroxyl groups excluding tert-OH is 1. The first-order valence-electron chi connectivity index (χ1n) is 9.60. The summed E-state index contributed by atoms with van der Waals surface area (Å²) < 4.78 is 1.55. The van der Waals surface area contributed by atoms with E-state index >= 15 is 0 Å². The molecule has 2 N–H and O–H groups in total. The predicted molar refractivity (Wildman–Crippen MR) is 116 cm³/mol. The zero-order valence-electron chi connectivity index (χ0n) is 16.6. The lowest BCUT2D eigenvalue weighted by Gasteiger charge is -2.16. The second kappa shape index (κ2) is 9.71. The maximum absolute atomic E-state index is 12.9. The van der Waals surface area contributed by atoms with Gasteiger partial charge in [-0.1, -0.05) is 53.7 Å². The van der Waals surface area contributed by atoms with Crippen molar-refractivity contribution in [3.63, 3.8) is 0 Å². The molecule has 0 bridgehead atoms. The Morgan fingerprint density at radius 2 is 1.93 bits per heavy atom. The van der Waals surface area contributed by atoms with Crippen LogP contribution in [0.3, 0.4) is 0 Å². The van der Waals surface area contributed by atoms with Gasteiger partial charge < -0.3 is 10.4 Å². The molecule has 0 aliphatic carbocycles. The molecule has 1 amide bonds. The lowest BCUT2D eigenvalue weighted by atomic mass is 10.1. The molecule has 0 spiro atoms. The fraction of sp³-hybridized carbons (Fsp3) is 0.318. The second-order valence-electron chi connectivity index (χ2n) is 6.91. The van der Waals surface area contributed by atoms with E-state index in [2.05, 4.69) is 10.3 Å². The Bertz CT molecular complexity index is 1050. The van der Waals surface area contributed by atoms with Crippen molar-refractivity contribution in [2.24, 2.45) is 0 Å². The van der Waals surface area contributed by atoms with E-state index in [1.807, 2.05) is 37.3 Å². The summed E-state index contributed by atoms with van der Waals surface area (Å²) in [5.74, 6) is -0.119. The summed E-state index contributed by atoms with van der Waals surface area (Å²) in [6.45, 7) is 4.61. The Morgan fingerprint density at radius 3 is 2.66 bits per heavy atom. The molecule has 0 saturated heterocycles. The highest BCUT2D eigenvalue weighted by molar-refractivity contribution is 8.00. The summed E-state index contributed by atoms with van der Waals surface area (Å²) in [4.78, 5) is 30.1. The third-order valence-corrected chi connectivity index (χ3v) is 5.70. The molecule has 1 heterocycles. The Morgan fingerprint density at radius 1 is 1.21 bits per heavy atom. The van der Waals surface area contributed by atoms with Crippen molar-refractivity contribution in [3.8, 4) is 0 Å². The summed E-state index contributed by atoms with van der Waals surface area (Å²) in [6, 6.07) is 15.2. The maximum Gasteiger partial charge on any atom is 0.262 e. The first-order valence-corrected chi connectivity index (χ1v) is 10.5. The number of aryl methyl sites for hydroxylation is 1. The van der Waals surface area contributed by atoms with Crippen LogP contribution in [0, 0.1) is 6.92 Å². The van der Waals surface area contributed by atoms with Crippen LogP contribution in [0.15, 0.2) is 58.5 Å². The molecule has 1 unspecified atom stereocenters. The van der Waals surface area contributed by atoms with E-state index in [9.17, 15) is 14.7 Å². The number of nitrogens with zero attached hydrogens (tertiary/aromatic N) is 2. The van der Waals surface area contributed by atoms with Gasteiger partial charge in [0.05, 0.1) is 16.2 Å². The number of fused-ring (bicyclic) bond motifs is 1. The van der Waals surface area contributed by atoms with Crippen LogP contribution in [0.1, 0.15) is 24.5 Å². The van der Waals surface area contributed by atoms with Gasteiger partial charge in [-0.3, -0.25) is 14.2 Å². The minimum absolute atomic E-state index is 0.0179. The van der Waals surface area contributed by atoms with Gasteiger partial charge in [0, 0.05) is 19.7 Å². The van der Waals surface area contributed by atoms with Crippen molar-refractivity contribution < 1.29 is 9.90 Å². The van der Waals surface area contributed by atoms with Crippen LogP contribution in [-0.2, 0) is 17.9 Å². The number of benzene rings is 2. The lowest BCUT2D eigenvalue weighted by molar-refractivity contribution is -0.120. The van der Waals surface area contributed by atoms with Gasteiger partial charge in [0.2, 0.25) is 5.91 Å². The van der Waals surface area contributed by atoms with Crippen LogP contribution >= 0.6 is 11.8 Å². The third-order valence-electron chi connectivity index (χ3n) is 4.61. The van der Waals surface area contributed by atoms with Crippen LogP contribution in [0.25, 0.3) is 10.9 Å². The zero-order chi connectivity index (χ0) is 20.8. The van der Waals surface area contributed by atoms with Crippen molar-refractivity contribution in [3.05, 3.63) is 70.0 Å². The van der Waals surface area contributed by atoms with Gasteiger partial charge >= 0.3 is 0 Å². The molecule has 0 aliphatic heterocycles. The molecule has 1 aromatic heterocycles. The quantitative estimate of drug-likeness (QED) is 0.440. The molecule has 29 heavy (non-hydrogen) atoms. The number of aliphatic hydroxyl groups is 1. The summed E-state index contributed by atoms with van der Waals surface area (Å²) >= 11 is 1.25. The molecule has 3 aromatic rings. The molecule has 6 nitrogen and oxygen atoms in total. The fourth-order valence-corrected chi connectivity index (χ4v) is 3.87. The average Bonchev–Trinajstić information content (AvgIpc) is 2.73. The number of carbonyl (C=O) groups is 1. The third kappa shape index (κ3) is 5.25. The molecule has 1 atom stereocenters. The number of thioether (sulfide) groups is 1. The van der Waals surface area contributed by atoms with E-state index in [0.717, 1.165) is 5.56 Å². The molecule has 7 heteroatoms. The first-order chi connectivity index (χ1) is 14.0. The molecule has 0 aliphatic rings. The van der Waals surface area contributed by atoms with Crippen molar-refractivity contribution in [1.29, 1.82) is 0 Å². The van der Waals surface area contributed by atoms with E-state index in [4.69, 9.17) is 0 Å². The number of amides is 1. The zero-order valence-corrected chi connectivity index (χ0v) is 17.4. The molecular weight excluding hydrogens is 386 g/mol. The Kier molecular flexibility index (Phi) is 7.06. The number of carbonyl (C=O) groups excluding carboxylic acids is 1. The van der Waals surface area contributed by atoms with E-state index in [0.29, 0.717) is 35.6 Å². The van der Waals surface area contributed by atoms with E-state index in [-0.39, 0.29) is 18.1 Å². The van der Waals surface area contributed by atoms with E-state index in [1.165, 1.54) is 17.3 Å². The SMILES string of the molecule is Cc1ccc(CNC(=O)C(C)Sc2nc3ccccc3c(=O)n2CCCO)cc1. The summed E-state index contributed by atoms with van der Waals surface area (Å²) in [5, 5.41) is 12.7. The lowest BCUT2D eigenvalue weighted by Crippen LogP contribution is -2.31. The Labute approximate surface area is 174 Å². The molecule has 152 valence electrons. The van der Waals surface area contributed by atoms with Crippen molar-refractivity contribution >= 4 is 28.6 Å². The van der Waals surface area contributed by atoms with Crippen molar-refractivity contribution in [2.45, 2.75) is 43.8 Å². The Balaban J connectivity index is 1.77. The van der Waals surface area contributed by atoms with Gasteiger partial charge in [0.1, 0.15) is 0 Å². The summed E-state index contributed by atoms with van der Waals surface area (Å²) in [7, 11) is 0. The van der Waals surface area contributed by atoms with Crippen LogP contribution in [-0.4, -0.2) is 32.4 Å². The van der Waals surface area contributed by atoms with Crippen LogP contribution < -0.4 is 10.9 Å². The van der Waals surface area contributed by atoms with Gasteiger partial charge in [-0.25, -0.2) is 4.98 Å². The van der Waals surface area contributed by atoms with Crippen LogP contribution in [0.5, 0.6) is 0 Å². The molecule has 3 rings (SSSR count). The maximum atomic E-state index is 12.9. The van der Waals surface area contributed by atoms with Crippen LogP contribution in [0.2, 0.25) is 0 Å². The Hall–Kier alpha value is -2.64. The van der Waals surface area contributed by atoms with Crippen LogP contribution in [0.4, 0.5) is 0 Å². The van der Waals surface area contributed by atoms with Gasteiger partial charge in [-0.05, 0) is 38.0 Å². The fourth-order valence-electron chi connectivity index (χ4n) is 2.91. The topological polar surface area (TPSA) is 84.2 Å². The average molecular weight is 412 g/mol. The highest BCUT2D eigenvalue weighted by Crippen LogP contribution is 2.23. The highest BCUT2D eigenvalue weighted by atomic mass is 32.2. The molecular formula is C22H25N3O3S. The number of para-hydroxylation sites is 1. The smallest absolute Gasteiger partial charge is 0.262 e. The highest BCUT2D eigenvalue weighted by Gasteiger charge is 2.19. The standard InChI is InChI=1S/C22H25N3O3S/c1-15-8-10-17(11-9-15)14-23-20(27)16(2)29-22-24-19-7-4-3-6-18(19)21(28)25(22)12-5-13-26/h3-4,6-11,16,26H,5,12-14H2,1-2H3,(H,23,27). The normalized spacial score (nSPS) is 12.1. The number of nitrogens with one attached hydrogen (secondary N) is 1.